The van der Waals surface area contributed by atoms with Crippen molar-refractivity contribution >= 4 is 22.7 Å². The molecular weight excluding hydrogens is 321 g/mol. The lowest BCUT2D eigenvalue weighted by atomic mass is 9.92. The van der Waals surface area contributed by atoms with Crippen molar-refractivity contribution in [3.8, 4) is 0 Å². The molecule has 1 aromatic heterocycles. The van der Waals surface area contributed by atoms with Crippen LogP contribution in [0.4, 0.5) is 4.39 Å². The van der Waals surface area contributed by atoms with Crippen molar-refractivity contribution in [3.05, 3.63) is 35.8 Å². The first-order valence-electron chi connectivity index (χ1n) is 8.89. The first-order valence-corrected chi connectivity index (χ1v) is 8.89. The molecule has 0 spiro atoms. The molecule has 6 heteroatoms. The number of H-pyrrole nitrogens is 1. The molecule has 132 valence electrons. The van der Waals surface area contributed by atoms with Gasteiger partial charge >= 0.3 is 0 Å². The Morgan fingerprint density at radius 3 is 2.84 bits per heavy atom. The molecule has 0 aliphatic carbocycles. The number of fused-ring (bicyclic) bond motifs is 2. The summed E-state index contributed by atoms with van der Waals surface area (Å²) in [6.45, 7) is 0.700. The Kier molecular flexibility index (Phi) is 3.98. The van der Waals surface area contributed by atoms with Crippen LogP contribution in [0, 0.1) is 5.82 Å². The van der Waals surface area contributed by atoms with Gasteiger partial charge in [-0.1, -0.05) is 0 Å². The van der Waals surface area contributed by atoms with Gasteiger partial charge in [0.15, 0.2) is 0 Å². The van der Waals surface area contributed by atoms with Gasteiger partial charge in [-0.3, -0.25) is 9.59 Å². The van der Waals surface area contributed by atoms with Gasteiger partial charge in [0.1, 0.15) is 11.5 Å². The summed E-state index contributed by atoms with van der Waals surface area (Å²) in [5, 5.41) is 0.699. The number of amides is 2. The van der Waals surface area contributed by atoms with E-state index < -0.39 is 0 Å². The Bertz CT molecular complexity index is 831. The van der Waals surface area contributed by atoms with Crippen molar-refractivity contribution in [2.75, 3.05) is 13.6 Å². The van der Waals surface area contributed by atoms with Crippen molar-refractivity contribution in [1.29, 1.82) is 0 Å². The average Bonchev–Trinajstić information content (AvgIpc) is 2.97. The van der Waals surface area contributed by atoms with E-state index in [4.69, 9.17) is 0 Å². The summed E-state index contributed by atoms with van der Waals surface area (Å²) in [6, 6.07) is 6.33. The minimum absolute atomic E-state index is 0.0563. The van der Waals surface area contributed by atoms with Crippen LogP contribution in [0.5, 0.6) is 0 Å². The fraction of sp³-hybridized carbons (Fsp3) is 0.474. The second kappa shape index (κ2) is 6.17. The molecule has 2 atom stereocenters. The Morgan fingerprint density at radius 1 is 1.20 bits per heavy atom. The number of likely N-dealkylation sites (N-methyl/N-ethyl adjacent to an activating group) is 1. The van der Waals surface area contributed by atoms with E-state index >= 15 is 0 Å². The van der Waals surface area contributed by atoms with Crippen molar-refractivity contribution in [2.24, 2.45) is 0 Å². The van der Waals surface area contributed by atoms with Crippen LogP contribution in [0.3, 0.4) is 0 Å². The van der Waals surface area contributed by atoms with Crippen LogP contribution in [0.1, 0.15) is 42.6 Å². The third-order valence-electron chi connectivity index (χ3n) is 5.60. The van der Waals surface area contributed by atoms with Gasteiger partial charge in [-0.25, -0.2) is 4.39 Å². The summed E-state index contributed by atoms with van der Waals surface area (Å²) in [5.41, 5.74) is 1.24. The molecule has 25 heavy (non-hydrogen) atoms. The van der Waals surface area contributed by atoms with Crippen molar-refractivity contribution < 1.29 is 14.0 Å². The van der Waals surface area contributed by atoms with Crippen LogP contribution in [0.2, 0.25) is 0 Å². The number of nitrogens with one attached hydrogen (secondary N) is 1. The van der Waals surface area contributed by atoms with Crippen LogP contribution in [0.25, 0.3) is 10.9 Å². The Labute approximate surface area is 145 Å². The quantitative estimate of drug-likeness (QED) is 0.865. The maximum atomic E-state index is 13.4. The normalized spacial score (nSPS) is 24.3. The van der Waals surface area contributed by atoms with Gasteiger partial charge in [0, 0.05) is 30.9 Å². The van der Waals surface area contributed by atoms with Crippen molar-refractivity contribution in [3.63, 3.8) is 0 Å². The molecule has 1 aromatic carbocycles. The molecular formula is C19H22FN3O2. The Balaban J connectivity index is 1.64. The van der Waals surface area contributed by atoms with Crippen LogP contribution < -0.4 is 0 Å². The molecule has 2 aliphatic rings. The smallest absolute Gasteiger partial charge is 0.270 e. The molecule has 1 N–H and O–H groups in total. The van der Waals surface area contributed by atoms with Crippen LogP contribution >= 0.6 is 0 Å². The summed E-state index contributed by atoms with van der Waals surface area (Å²) in [5.74, 6) is -0.204. The zero-order valence-electron chi connectivity index (χ0n) is 14.3. The molecule has 2 amide bonds. The first-order chi connectivity index (χ1) is 12.0. The molecule has 0 bridgehead atoms. The third-order valence-corrected chi connectivity index (χ3v) is 5.60. The summed E-state index contributed by atoms with van der Waals surface area (Å²) in [7, 11) is 1.85. The highest BCUT2D eigenvalue weighted by atomic mass is 19.1. The summed E-state index contributed by atoms with van der Waals surface area (Å²) in [4.78, 5) is 32.1. The molecule has 4 rings (SSSR count). The average molecular weight is 343 g/mol. The van der Waals surface area contributed by atoms with Crippen molar-refractivity contribution in [1.82, 2.24) is 14.8 Å². The van der Waals surface area contributed by atoms with Gasteiger partial charge < -0.3 is 14.8 Å². The maximum absolute atomic E-state index is 13.4. The highest BCUT2D eigenvalue weighted by molar-refractivity contribution is 5.98. The van der Waals surface area contributed by atoms with E-state index in [1.165, 1.54) is 12.1 Å². The largest absolute Gasteiger partial charge is 0.351 e. The van der Waals surface area contributed by atoms with Crippen molar-refractivity contribution in [2.45, 2.75) is 44.2 Å². The number of rotatable bonds is 1. The molecule has 2 aliphatic heterocycles. The number of halogens is 1. The predicted octanol–water partition coefficient (Wildman–Crippen LogP) is 2.92. The van der Waals surface area contributed by atoms with Gasteiger partial charge in [0.25, 0.3) is 5.91 Å². The zero-order chi connectivity index (χ0) is 17.6. The molecule has 0 saturated carbocycles. The van der Waals surface area contributed by atoms with E-state index in [2.05, 4.69) is 4.98 Å². The van der Waals surface area contributed by atoms with E-state index in [-0.39, 0.29) is 29.7 Å². The van der Waals surface area contributed by atoms with E-state index in [0.717, 1.165) is 31.2 Å². The van der Waals surface area contributed by atoms with Gasteiger partial charge in [-0.15, -0.1) is 0 Å². The number of likely N-dealkylation sites (tertiary alicyclic amines) is 2. The lowest BCUT2D eigenvalue weighted by Crippen LogP contribution is -2.56. The standard InChI is InChI=1S/C19H22FN3O2/c1-22-16-5-3-9-23(17(16)4-2-6-18(22)24)19(25)15-11-12-10-13(20)7-8-14(12)21-15/h7-8,10-11,16-17,21H,2-6,9H2,1H3/t16-,17-/m1/s1. The molecule has 2 fully saturated rings. The number of benzene rings is 1. The number of aromatic amines is 1. The van der Waals surface area contributed by atoms with E-state index in [9.17, 15) is 14.0 Å². The molecule has 0 unspecified atom stereocenters. The highest BCUT2D eigenvalue weighted by Crippen LogP contribution is 2.30. The minimum atomic E-state index is -0.313. The van der Waals surface area contributed by atoms with E-state index in [1.807, 2.05) is 16.8 Å². The first kappa shape index (κ1) is 16.1. The third kappa shape index (κ3) is 2.79. The van der Waals surface area contributed by atoms with Gasteiger partial charge in [-0.2, -0.15) is 0 Å². The topological polar surface area (TPSA) is 56.4 Å². The predicted molar refractivity (Wildman–Crippen MR) is 92.7 cm³/mol. The van der Waals surface area contributed by atoms with Crippen LogP contribution in [-0.4, -0.2) is 52.3 Å². The number of piperidine rings is 1. The summed E-state index contributed by atoms with van der Waals surface area (Å²) >= 11 is 0. The summed E-state index contributed by atoms with van der Waals surface area (Å²) < 4.78 is 13.4. The number of carbonyl (C=O) groups excluding carboxylic acids is 2. The molecule has 2 saturated heterocycles. The summed E-state index contributed by atoms with van der Waals surface area (Å²) in [6.07, 6.45) is 4.04. The van der Waals surface area contributed by atoms with Gasteiger partial charge in [0.2, 0.25) is 5.91 Å². The highest BCUT2D eigenvalue weighted by Gasteiger charge is 2.39. The Morgan fingerprint density at radius 2 is 2.00 bits per heavy atom. The van der Waals surface area contributed by atoms with Gasteiger partial charge in [0.05, 0.1) is 12.1 Å². The maximum Gasteiger partial charge on any atom is 0.270 e. The lowest BCUT2D eigenvalue weighted by molar-refractivity contribution is -0.132. The second-order valence-electron chi connectivity index (χ2n) is 7.09. The lowest BCUT2D eigenvalue weighted by Gasteiger charge is -2.43. The number of hydrogen-bond donors (Lipinski definition) is 1. The molecule has 0 radical (unpaired) electrons. The fourth-order valence-electron chi connectivity index (χ4n) is 4.29. The van der Waals surface area contributed by atoms with E-state index in [0.29, 0.717) is 24.0 Å². The fourth-order valence-corrected chi connectivity index (χ4v) is 4.29. The SMILES string of the molecule is CN1C(=O)CCC[C@@H]2[C@H]1CCCN2C(=O)c1cc2cc(F)ccc2[nH]1. The monoisotopic (exact) mass is 343 g/mol. The number of nitrogens with zero attached hydrogens (tertiary/aromatic N) is 2. The van der Waals surface area contributed by atoms with Crippen LogP contribution in [-0.2, 0) is 4.79 Å². The zero-order valence-corrected chi connectivity index (χ0v) is 14.3. The molecule has 2 aromatic rings. The van der Waals surface area contributed by atoms with Crippen LogP contribution in [0.15, 0.2) is 24.3 Å². The number of hydrogen-bond acceptors (Lipinski definition) is 2. The van der Waals surface area contributed by atoms with E-state index in [1.54, 1.807) is 12.1 Å². The molecule has 3 heterocycles. The number of carbonyl (C=O) groups is 2. The van der Waals surface area contributed by atoms with Gasteiger partial charge in [-0.05, 0) is 49.9 Å². The molecule has 5 nitrogen and oxygen atoms in total. The minimum Gasteiger partial charge on any atom is -0.351 e. The number of aromatic nitrogens is 1. The Hall–Kier alpha value is -2.37. The second-order valence-corrected chi connectivity index (χ2v) is 7.09.